The SMILES string of the molecule is Cc1cc2n(n1)C[C@@H](CN[C@@H]1CCCOc3ccccc31)CN2. The lowest BCUT2D eigenvalue weighted by atomic mass is 10.0. The number of ether oxygens (including phenoxy) is 1. The highest BCUT2D eigenvalue weighted by atomic mass is 16.5. The molecule has 0 amide bonds. The maximum absolute atomic E-state index is 5.85. The molecule has 0 unspecified atom stereocenters. The number of anilines is 1. The topological polar surface area (TPSA) is 51.1 Å². The number of nitrogens with one attached hydrogen (secondary N) is 2. The molecule has 3 heterocycles. The van der Waals surface area contributed by atoms with Crippen LogP contribution in [0.2, 0.25) is 0 Å². The molecule has 1 aromatic carbocycles. The van der Waals surface area contributed by atoms with Gasteiger partial charge in [0.15, 0.2) is 0 Å². The maximum atomic E-state index is 5.85. The normalized spacial score (nSPS) is 23.2. The highest BCUT2D eigenvalue weighted by Crippen LogP contribution is 2.31. The van der Waals surface area contributed by atoms with E-state index in [2.05, 4.69) is 44.7 Å². The zero-order valence-corrected chi connectivity index (χ0v) is 13.6. The Morgan fingerprint density at radius 2 is 2.30 bits per heavy atom. The highest BCUT2D eigenvalue weighted by molar-refractivity contribution is 5.38. The second-order valence-electron chi connectivity index (χ2n) is 6.59. The van der Waals surface area contributed by atoms with E-state index in [0.717, 1.165) is 56.3 Å². The molecule has 0 saturated heterocycles. The first-order valence-electron chi connectivity index (χ1n) is 8.53. The van der Waals surface area contributed by atoms with Crippen molar-refractivity contribution in [2.75, 3.05) is 25.0 Å². The van der Waals surface area contributed by atoms with Gasteiger partial charge in [-0.1, -0.05) is 18.2 Å². The molecular weight excluding hydrogens is 288 g/mol. The van der Waals surface area contributed by atoms with E-state index in [0.29, 0.717) is 12.0 Å². The number of hydrogen-bond donors (Lipinski definition) is 2. The van der Waals surface area contributed by atoms with Gasteiger partial charge in [0.05, 0.1) is 12.3 Å². The van der Waals surface area contributed by atoms with Gasteiger partial charge in [-0.2, -0.15) is 5.10 Å². The molecule has 2 aliphatic heterocycles. The van der Waals surface area contributed by atoms with Crippen molar-refractivity contribution in [3.8, 4) is 5.75 Å². The Labute approximate surface area is 137 Å². The zero-order valence-electron chi connectivity index (χ0n) is 13.6. The highest BCUT2D eigenvalue weighted by Gasteiger charge is 2.23. The van der Waals surface area contributed by atoms with E-state index in [1.807, 2.05) is 13.0 Å². The quantitative estimate of drug-likeness (QED) is 0.915. The summed E-state index contributed by atoms with van der Waals surface area (Å²) in [6.45, 7) is 5.83. The molecule has 0 fully saturated rings. The first-order valence-corrected chi connectivity index (χ1v) is 8.53. The van der Waals surface area contributed by atoms with Crippen LogP contribution in [0.5, 0.6) is 5.75 Å². The summed E-state index contributed by atoms with van der Waals surface area (Å²) in [5.74, 6) is 2.74. The Morgan fingerprint density at radius 1 is 1.39 bits per heavy atom. The van der Waals surface area contributed by atoms with E-state index in [9.17, 15) is 0 Å². The number of nitrogens with zero attached hydrogens (tertiary/aromatic N) is 2. The summed E-state index contributed by atoms with van der Waals surface area (Å²) >= 11 is 0. The van der Waals surface area contributed by atoms with Gasteiger partial charge in [0.25, 0.3) is 0 Å². The van der Waals surface area contributed by atoms with Crippen LogP contribution in [-0.2, 0) is 6.54 Å². The molecule has 5 heteroatoms. The van der Waals surface area contributed by atoms with Crippen molar-refractivity contribution in [3.05, 3.63) is 41.6 Å². The summed E-state index contributed by atoms with van der Waals surface area (Å²) in [6, 6.07) is 10.9. The first kappa shape index (κ1) is 14.6. The number of fused-ring (bicyclic) bond motifs is 2. The smallest absolute Gasteiger partial charge is 0.124 e. The molecule has 2 aromatic rings. The number of hydrogen-bond acceptors (Lipinski definition) is 4. The Morgan fingerprint density at radius 3 is 3.26 bits per heavy atom. The summed E-state index contributed by atoms with van der Waals surface area (Å²) < 4.78 is 7.95. The Kier molecular flexibility index (Phi) is 3.95. The van der Waals surface area contributed by atoms with E-state index < -0.39 is 0 Å². The van der Waals surface area contributed by atoms with Gasteiger partial charge >= 0.3 is 0 Å². The summed E-state index contributed by atoms with van der Waals surface area (Å²) in [5, 5.41) is 11.8. The number of rotatable bonds is 3. The van der Waals surface area contributed by atoms with Gasteiger partial charge in [0, 0.05) is 43.2 Å². The maximum Gasteiger partial charge on any atom is 0.124 e. The van der Waals surface area contributed by atoms with Crippen LogP contribution in [0.4, 0.5) is 5.82 Å². The Hall–Kier alpha value is -2.01. The standard InChI is InChI=1S/C18H24N4O/c1-13-9-18-20-11-14(12-22(18)21-13)10-19-16-6-4-8-23-17-7-3-2-5-15(16)17/h2-3,5,7,9,14,16,19-20H,4,6,8,10-12H2,1H3/t14-,16+/m0/s1. The lowest BCUT2D eigenvalue weighted by Gasteiger charge is -2.27. The molecule has 0 radical (unpaired) electrons. The molecule has 1 aromatic heterocycles. The van der Waals surface area contributed by atoms with Gasteiger partial charge in [0.2, 0.25) is 0 Å². The third-order valence-electron chi connectivity index (χ3n) is 4.75. The number of benzene rings is 1. The summed E-state index contributed by atoms with van der Waals surface area (Å²) in [6.07, 6.45) is 2.22. The minimum atomic E-state index is 0.384. The van der Waals surface area contributed by atoms with E-state index in [1.165, 1.54) is 5.56 Å². The van der Waals surface area contributed by atoms with Crippen molar-refractivity contribution >= 4 is 5.82 Å². The zero-order chi connectivity index (χ0) is 15.6. The minimum Gasteiger partial charge on any atom is -0.493 e. The van der Waals surface area contributed by atoms with Gasteiger partial charge < -0.3 is 15.4 Å². The van der Waals surface area contributed by atoms with Gasteiger partial charge in [-0.15, -0.1) is 0 Å². The van der Waals surface area contributed by atoms with Crippen LogP contribution >= 0.6 is 0 Å². The van der Waals surface area contributed by atoms with Crippen LogP contribution < -0.4 is 15.4 Å². The summed E-state index contributed by atoms with van der Waals surface area (Å²) in [4.78, 5) is 0. The van der Waals surface area contributed by atoms with E-state index in [1.54, 1.807) is 0 Å². The molecule has 0 saturated carbocycles. The molecular formula is C18H24N4O. The van der Waals surface area contributed by atoms with Crippen molar-refractivity contribution < 1.29 is 4.74 Å². The van der Waals surface area contributed by atoms with E-state index in [4.69, 9.17) is 4.74 Å². The molecule has 5 nitrogen and oxygen atoms in total. The third kappa shape index (κ3) is 3.06. The number of para-hydroxylation sites is 1. The Bertz CT molecular complexity index is 681. The van der Waals surface area contributed by atoms with Crippen molar-refractivity contribution in [2.45, 2.75) is 32.4 Å². The van der Waals surface area contributed by atoms with Crippen LogP contribution in [0, 0.1) is 12.8 Å². The fourth-order valence-corrected chi connectivity index (χ4v) is 3.57. The minimum absolute atomic E-state index is 0.384. The molecule has 2 aliphatic rings. The lowest BCUT2D eigenvalue weighted by molar-refractivity contribution is 0.313. The van der Waals surface area contributed by atoms with Crippen molar-refractivity contribution in [1.82, 2.24) is 15.1 Å². The van der Waals surface area contributed by atoms with E-state index >= 15 is 0 Å². The van der Waals surface area contributed by atoms with Gasteiger partial charge in [-0.3, -0.25) is 0 Å². The number of aromatic nitrogens is 2. The van der Waals surface area contributed by atoms with E-state index in [-0.39, 0.29) is 0 Å². The van der Waals surface area contributed by atoms with Crippen LogP contribution in [-0.4, -0.2) is 29.5 Å². The summed E-state index contributed by atoms with van der Waals surface area (Å²) in [7, 11) is 0. The predicted molar refractivity (Wildman–Crippen MR) is 90.9 cm³/mol. The fraction of sp³-hybridized carbons (Fsp3) is 0.500. The first-order chi connectivity index (χ1) is 11.3. The molecule has 0 aliphatic carbocycles. The molecule has 4 rings (SSSR count). The molecule has 122 valence electrons. The van der Waals surface area contributed by atoms with Crippen LogP contribution in [0.1, 0.15) is 30.1 Å². The van der Waals surface area contributed by atoms with Crippen LogP contribution in [0.3, 0.4) is 0 Å². The summed E-state index contributed by atoms with van der Waals surface area (Å²) in [5.41, 5.74) is 2.38. The van der Waals surface area contributed by atoms with Crippen molar-refractivity contribution in [2.24, 2.45) is 5.92 Å². The lowest BCUT2D eigenvalue weighted by Crippen LogP contribution is -2.36. The van der Waals surface area contributed by atoms with Crippen LogP contribution in [0.15, 0.2) is 30.3 Å². The molecule has 0 bridgehead atoms. The molecule has 2 atom stereocenters. The predicted octanol–water partition coefficient (Wildman–Crippen LogP) is 2.74. The average Bonchev–Trinajstić information content (AvgIpc) is 2.81. The van der Waals surface area contributed by atoms with Gasteiger partial charge in [-0.25, -0.2) is 4.68 Å². The van der Waals surface area contributed by atoms with Gasteiger partial charge in [0.1, 0.15) is 11.6 Å². The second-order valence-corrected chi connectivity index (χ2v) is 6.59. The number of aryl methyl sites for hydroxylation is 1. The van der Waals surface area contributed by atoms with Crippen molar-refractivity contribution in [3.63, 3.8) is 0 Å². The van der Waals surface area contributed by atoms with Crippen molar-refractivity contribution in [1.29, 1.82) is 0 Å². The largest absolute Gasteiger partial charge is 0.493 e. The monoisotopic (exact) mass is 312 g/mol. The average molecular weight is 312 g/mol. The van der Waals surface area contributed by atoms with Crippen LogP contribution in [0.25, 0.3) is 0 Å². The molecule has 23 heavy (non-hydrogen) atoms. The second kappa shape index (κ2) is 6.24. The van der Waals surface area contributed by atoms with Gasteiger partial charge in [-0.05, 0) is 25.8 Å². The fourth-order valence-electron chi connectivity index (χ4n) is 3.57. The Balaban J connectivity index is 1.41. The molecule has 0 spiro atoms. The third-order valence-corrected chi connectivity index (χ3v) is 4.75. The molecule has 2 N–H and O–H groups in total.